The number of carbonyl (C=O) groups excluding carboxylic acids is 1. The van der Waals surface area contributed by atoms with Gasteiger partial charge in [0.2, 0.25) is 0 Å². The second-order valence-electron chi connectivity index (χ2n) is 3.61. The SMILES string of the molecule is CNc1ccc(C(=O)Nc2cccc(F)c2F)nn1. The molecule has 19 heavy (non-hydrogen) atoms. The van der Waals surface area contributed by atoms with Crippen LogP contribution < -0.4 is 10.6 Å². The number of carbonyl (C=O) groups is 1. The van der Waals surface area contributed by atoms with E-state index in [1.807, 2.05) is 0 Å². The highest BCUT2D eigenvalue weighted by atomic mass is 19.2. The van der Waals surface area contributed by atoms with Crippen molar-refractivity contribution in [2.45, 2.75) is 0 Å². The third-order valence-corrected chi connectivity index (χ3v) is 2.35. The summed E-state index contributed by atoms with van der Waals surface area (Å²) < 4.78 is 26.3. The number of halogens is 2. The average Bonchev–Trinajstić information content (AvgIpc) is 2.44. The summed E-state index contributed by atoms with van der Waals surface area (Å²) in [5, 5.41) is 12.3. The lowest BCUT2D eigenvalue weighted by Crippen LogP contribution is -2.15. The molecule has 0 radical (unpaired) electrons. The summed E-state index contributed by atoms with van der Waals surface area (Å²) in [5.41, 5.74) is -0.243. The summed E-state index contributed by atoms with van der Waals surface area (Å²) in [6.07, 6.45) is 0. The molecular weight excluding hydrogens is 254 g/mol. The first-order valence-electron chi connectivity index (χ1n) is 5.38. The highest BCUT2D eigenvalue weighted by molar-refractivity contribution is 6.02. The van der Waals surface area contributed by atoms with Gasteiger partial charge in [-0.25, -0.2) is 8.78 Å². The van der Waals surface area contributed by atoms with Gasteiger partial charge in [-0.05, 0) is 24.3 Å². The Hall–Kier alpha value is -2.57. The highest BCUT2D eigenvalue weighted by Gasteiger charge is 2.13. The van der Waals surface area contributed by atoms with Crippen LogP contribution in [0, 0.1) is 11.6 Å². The second-order valence-corrected chi connectivity index (χ2v) is 3.61. The number of nitrogens with one attached hydrogen (secondary N) is 2. The van der Waals surface area contributed by atoms with Crippen LogP contribution in [-0.2, 0) is 0 Å². The molecule has 0 fully saturated rings. The fourth-order valence-corrected chi connectivity index (χ4v) is 1.37. The molecule has 0 saturated heterocycles. The lowest BCUT2D eigenvalue weighted by Gasteiger charge is -2.06. The first-order chi connectivity index (χ1) is 9.11. The predicted octanol–water partition coefficient (Wildman–Crippen LogP) is 2.05. The molecule has 0 aliphatic heterocycles. The Morgan fingerprint density at radius 1 is 1.16 bits per heavy atom. The number of rotatable bonds is 3. The van der Waals surface area contributed by atoms with Gasteiger partial charge in [0.1, 0.15) is 5.82 Å². The van der Waals surface area contributed by atoms with Gasteiger partial charge in [0.25, 0.3) is 5.91 Å². The number of aromatic nitrogens is 2. The Morgan fingerprint density at radius 2 is 1.95 bits per heavy atom. The number of amides is 1. The van der Waals surface area contributed by atoms with Crippen molar-refractivity contribution in [3.8, 4) is 0 Å². The monoisotopic (exact) mass is 264 g/mol. The molecule has 5 nitrogen and oxygen atoms in total. The molecule has 0 aliphatic rings. The van der Waals surface area contributed by atoms with E-state index in [1.165, 1.54) is 18.2 Å². The molecule has 1 heterocycles. The maximum atomic E-state index is 13.4. The van der Waals surface area contributed by atoms with Crippen LogP contribution in [0.5, 0.6) is 0 Å². The van der Waals surface area contributed by atoms with E-state index in [9.17, 15) is 13.6 Å². The van der Waals surface area contributed by atoms with Crippen molar-refractivity contribution in [1.82, 2.24) is 10.2 Å². The Balaban J connectivity index is 2.18. The average molecular weight is 264 g/mol. The first kappa shape index (κ1) is 12.9. The van der Waals surface area contributed by atoms with Crippen LogP contribution >= 0.6 is 0 Å². The molecule has 98 valence electrons. The minimum absolute atomic E-state index is 0.00246. The molecule has 0 saturated carbocycles. The van der Waals surface area contributed by atoms with Crippen LogP contribution in [0.15, 0.2) is 30.3 Å². The summed E-state index contributed by atoms with van der Waals surface area (Å²) in [6.45, 7) is 0. The smallest absolute Gasteiger partial charge is 0.276 e. The van der Waals surface area contributed by atoms with Crippen molar-refractivity contribution in [2.75, 3.05) is 17.7 Å². The molecule has 0 aliphatic carbocycles. The largest absolute Gasteiger partial charge is 0.372 e. The minimum Gasteiger partial charge on any atom is -0.372 e. The van der Waals surface area contributed by atoms with Crippen LogP contribution in [-0.4, -0.2) is 23.2 Å². The molecule has 2 rings (SSSR count). The Bertz CT molecular complexity index is 601. The number of hydrogen-bond donors (Lipinski definition) is 2. The van der Waals surface area contributed by atoms with Gasteiger partial charge in [-0.1, -0.05) is 6.07 Å². The van der Waals surface area contributed by atoms with Gasteiger partial charge in [-0.15, -0.1) is 10.2 Å². The zero-order chi connectivity index (χ0) is 13.8. The van der Waals surface area contributed by atoms with Crippen LogP contribution in [0.25, 0.3) is 0 Å². The van der Waals surface area contributed by atoms with E-state index < -0.39 is 17.5 Å². The summed E-state index contributed by atoms with van der Waals surface area (Å²) in [6, 6.07) is 6.48. The van der Waals surface area contributed by atoms with Crippen LogP contribution in [0.3, 0.4) is 0 Å². The zero-order valence-electron chi connectivity index (χ0n) is 9.95. The van der Waals surface area contributed by atoms with Crippen molar-refractivity contribution in [1.29, 1.82) is 0 Å². The number of benzene rings is 1. The van der Waals surface area contributed by atoms with Gasteiger partial charge < -0.3 is 10.6 Å². The van der Waals surface area contributed by atoms with Crippen LogP contribution in [0.2, 0.25) is 0 Å². The maximum Gasteiger partial charge on any atom is 0.276 e. The van der Waals surface area contributed by atoms with E-state index >= 15 is 0 Å². The van der Waals surface area contributed by atoms with E-state index in [-0.39, 0.29) is 11.4 Å². The van der Waals surface area contributed by atoms with Crippen molar-refractivity contribution in [3.05, 3.63) is 47.7 Å². The summed E-state index contributed by atoms with van der Waals surface area (Å²) >= 11 is 0. The van der Waals surface area contributed by atoms with Crippen LogP contribution in [0.1, 0.15) is 10.5 Å². The summed E-state index contributed by atoms with van der Waals surface area (Å²) in [5.74, 6) is -2.32. The van der Waals surface area contributed by atoms with E-state index in [4.69, 9.17) is 0 Å². The normalized spacial score (nSPS) is 10.1. The molecule has 7 heteroatoms. The molecule has 0 atom stereocenters. The van der Waals surface area contributed by atoms with Gasteiger partial charge in [-0.2, -0.15) is 0 Å². The fraction of sp³-hybridized carbons (Fsp3) is 0.0833. The third-order valence-electron chi connectivity index (χ3n) is 2.35. The molecule has 1 aromatic carbocycles. The quantitative estimate of drug-likeness (QED) is 0.890. The van der Waals surface area contributed by atoms with Gasteiger partial charge in [0.15, 0.2) is 17.3 Å². The third kappa shape index (κ3) is 2.82. The van der Waals surface area contributed by atoms with E-state index in [1.54, 1.807) is 13.1 Å². The lowest BCUT2D eigenvalue weighted by atomic mass is 10.2. The first-order valence-corrected chi connectivity index (χ1v) is 5.38. The predicted molar refractivity (Wildman–Crippen MR) is 65.9 cm³/mol. The van der Waals surface area contributed by atoms with Gasteiger partial charge in [0.05, 0.1) is 5.69 Å². The second kappa shape index (κ2) is 5.38. The fourth-order valence-electron chi connectivity index (χ4n) is 1.37. The Morgan fingerprint density at radius 3 is 2.58 bits per heavy atom. The Labute approximate surface area is 107 Å². The molecule has 2 N–H and O–H groups in total. The van der Waals surface area contributed by atoms with Crippen molar-refractivity contribution >= 4 is 17.4 Å². The summed E-state index contributed by atoms with van der Waals surface area (Å²) in [7, 11) is 1.66. The number of anilines is 2. The molecule has 1 aromatic heterocycles. The van der Waals surface area contributed by atoms with E-state index in [0.717, 1.165) is 6.07 Å². The maximum absolute atomic E-state index is 13.4. The minimum atomic E-state index is -1.12. The molecule has 2 aromatic rings. The highest BCUT2D eigenvalue weighted by Crippen LogP contribution is 2.17. The molecule has 0 bridgehead atoms. The van der Waals surface area contributed by atoms with E-state index in [0.29, 0.717) is 5.82 Å². The zero-order valence-corrected chi connectivity index (χ0v) is 9.95. The van der Waals surface area contributed by atoms with Crippen molar-refractivity contribution < 1.29 is 13.6 Å². The van der Waals surface area contributed by atoms with Crippen molar-refractivity contribution in [3.63, 3.8) is 0 Å². The van der Waals surface area contributed by atoms with Crippen molar-refractivity contribution in [2.24, 2.45) is 0 Å². The van der Waals surface area contributed by atoms with Gasteiger partial charge in [0, 0.05) is 7.05 Å². The number of nitrogens with zero attached hydrogens (tertiary/aromatic N) is 2. The topological polar surface area (TPSA) is 66.9 Å². The molecule has 0 unspecified atom stereocenters. The molecular formula is C12H10F2N4O. The lowest BCUT2D eigenvalue weighted by molar-refractivity contribution is 0.102. The standard InChI is InChI=1S/C12H10F2N4O/c1-15-10-6-5-9(17-18-10)12(19)16-8-4-2-3-7(13)11(8)14/h2-6H,1H3,(H,15,18)(H,16,19). The van der Waals surface area contributed by atoms with Gasteiger partial charge >= 0.3 is 0 Å². The summed E-state index contributed by atoms with van der Waals surface area (Å²) in [4.78, 5) is 11.8. The van der Waals surface area contributed by atoms with Crippen LogP contribution in [0.4, 0.5) is 20.3 Å². The molecule has 0 spiro atoms. The van der Waals surface area contributed by atoms with Gasteiger partial charge in [-0.3, -0.25) is 4.79 Å². The Kier molecular flexibility index (Phi) is 3.65. The number of hydrogen-bond acceptors (Lipinski definition) is 4. The van der Waals surface area contributed by atoms with E-state index in [2.05, 4.69) is 20.8 Å². The molecule has 1 amide bonds.